The first-order chi connectivity index (χ1) is 20.4. The van der Waals surface area contributed by atoms with E-state index in [9.17, 15) is 19.2 Å². The molecule has 4 N–H and O–H groups in total. The number of ether oxygens (including phenoxy) is 1. The van der Waals surface area contributed by atoms with Gasteiger partial charge >= 0.3 is 17.9 Å². The Morgan fingerprint density at radius 2 is 1.58 bits per heavy atom. The van der Waals surface area contributed by atoms with E-state index in [2.05, 4.69) is 45.6 Å². The normalized spacial score (nSPS) is 11.8. The van der Waals surface area contributed by atoms with E-state index in [0.717, 1.165) is 38.5 Å². The molecular formula is C32H37N5O5S. The second kappa shape index (κ2) is 14.9. The number of fused-ring (bicyclic) bond motifs is 1. The van der Waals surface area contributed by atoms with Gasteiger partial charge in [-0.1, -0.05) is 85.0 Å². The summed E-state index contributed by atoms with van der Waals surface area (Å²) < 4.78 is 5.09. The number of hydrogen-bond donors (Lipinski definition) is 4. The average Bonchev–Trinajstić information content (AvgIpc) is 2.96. The van der Waals surface area contributed by atoms with Gasteiger partial charge in [0.05, 0.1) is 0 Å². The van der Waals surface area contributed by atoms with Crippen LogP contribution < -0.4 is 21.4 Å². The molecule has 0 aliphatic rings. The van der Waals surface area contributed by atoms with Gasteiger partial charge in [0.1, 0.15) is 10.6 Å². The molecule has 0 saturated carbocycles. The van der Waals surface area contributed by atoms with Crippen LogP contribution in [0.2, 0.25) is 0 Å². The number of nitrogens with zero attached hydrogens (tertiary/aromatic N) is 1. The Balaban J connectivity index is 1.50. The Labute approximate surface area is 256 Å². The third-order valence-corrected chi connectivity index (χ3v) is 6.51. The van der Waals surface area contributed by atoms with Crippen LogP contribution >= 0.6 is 12.2 Å². The van der Waals surface area contributed by atoms with Crippen LogP contribution in [0.4, 0.5) is 4.79 Å². The monoisotopic (exact) mass is 603 g/mol. The lowest BCUT2D eigenvalue weighted by Crippen LogP contribution is -2.45. The van der Waals surface area contributed by atoms with Gasteiger partial charge in [-0.15, -0.1) is 0 Å². The molecule has 0 radical (unpaired) electrons. The minimum Gasteiger partial charge on any atom is -0.443 e. The molecule has 3 rings (SSSR count). The number of nitrogens with one attached hydrogen (secondary N) is 4. The molecule has 0 fully saturated rings. The highest BCUT2D eigenvalue weighted by atomic mass is 32.1. The molecule has 3 aromatic carbocycles. The van der Waals surface area contributed by atoms with E-state index < -0.39 is 29.4 Å². The summed E-state index contributed by atoms with van der Waals surface area (Å²) in [6, 6.07) is 21.6. The minimum absolute atomic E-state index is 0.0696. The second-order valence-electron chi connectivity index (χ2n) is 10.7. The van der Waals surface area contributed by atoms with Crippen molar-refractivity contribution >= 4 is 51.8 Å². The summed E-state index contributed by atoms with van der Waals surface area (Å²) in [6.07, 6.45) is 1.73. The van der Waals surface area contributed by atoms with Crippen LogP contribution in [0.3, 0.4) is 0 Å². The fourth-order valence-electron chi connectivity index (χ4n) is 4.13. The van der Waals surface area contributed by atoms with E-state index in [1.54, 1.807) is 20.8 Å². The zero-order valence-corrected chi connectivity index (χ0v) is 25.7. The third kappa shape index (κ3) is 9.93. The molecule has 0 bridgehead atoms. The standard InChI is InChI=1S/C32H37N5O5S/c1-21(24-17-10-14-22-12-6-8-15-25(22)24)35-30(43)26-16-9-7-13-23(26)20-34-29(40)28(39)33-19-11-18-27(38)37(5)36-31(41)42-32(2,3)4/h6-18,21H,19-20H2,1-5H3,(H,33,39)(H,34,40)(H,35,43)(H,36,41)/b18-11+/t21-/m1/s1. The molecule has 3 aromatic rings. The van der Waals surface area contributed by atoms with Gasteiger partial charge in [0, 0.05) is 37.8 Å². The summed E-state index contributed by atoms with van der Waals surface area (Å²) in [5, 5.41) is 11.7. The third-order valence-electron chi connectivity index (χ3n) is 6.17. The fourth-order valence-corrected chi connectivity index (χ4v) is 4.50. The van der Waals surface area contributed by atoms with Gasteiger partial charge < -0.3 is 20.7 Å². The Morgan fingerprint density at radius 3 is 2.33 bits per heavy atom. The number of hydrogen-bond acceptors (Lipinski definition) is 6. The number of rotatable bonds is 8. The van der Waals surface area contributed by atoms with Crippen LogP contribution in [0.25, 0.3) is 10.8 Å². The first-order valence-electron chi connectivity index (χ1n) is 13.7. The zero-order chi connectivity index (χ0) is 31.6. The SMILES string of the molecule is C[C@@H](NC(=S)c1ccccc1CNC(=O)C(=O)NC/C=C/C(=O)N(C)NC(=O)OC(C)(C)C)c1cccc2ccccc12. The molecule has 11 heteroatoms. The predicted octanol–water partition coefficient (Wildman–Crippen LogP) is 4.05. The average molecular weight is 604 g/mol. The number of benzene rings is 3. The number of thiocarbonyl (C=S) groups is 1. The van der Waals surface area contributed by atoms with Gasteiger partial charge in [-0.05, 0) is 49.6 Å². The van der Waals surface area contributed by atoms with Crippen molar-refractivity contribution in [3.63, 3.8) is 0 Å². The van der Waals surface area contributed by atoms with E-state index in [1.807, 2.05) is 49.4 Å². The second-order valence-corrected chi connectivity index (χ2v) is 11.1. The van der Waals surface area contributed by atoms with Crippen molar-refractivity contribution in [1.29, 1.82) is 0 Å². The highest BCUT2D eigenvalue weighted by Crippen LogP contribution is 2.24. The van der Waals surface area contributed by atoms with Crippen LogP contribution in [-0.2, 0) is 25.7 Å². The first-order valence-corrected chi connectivity index (χ1v) is 14.1. The lowest BCUT2D eigenvalue weighted by molar-refractivity contribution is -0.139. The molecule has 0 unspecified atom stereocenters. The number of carbonyl (C=O) groups excluding carboxylic acids is 4. The Kier molecular flexibility index (Phi) is 11.4. The van der Waals surface area contributed by atoms with Gasteiger partial charge in [-0.2, -0.15) is 0 Å². The lowest BCUT2D eigenvalue weighted by Gasteiger charge is -2.22. The van der Waals surface area contributed by atoms with Gasteiger partial charge in [0.25, 0.3) is 5.91 Å². The minimum atomic E-state index is -0.861. The molecule has 10 nitrogen and oxygen atoms in total. The van der Waals surface area contributed by atoms with Crippen LogP contribution in [-0.4, -0.2) is 53.0 Å². The molecule has 0 spiro atoms. The summed E-state index contributed by atoms with van der Waals surface area (Å²) in [7, 11) is 1.35. The van der Waals surface area contributed by atoms with E-state index in [4.69, 9.17) is 17.0 Å². The van der Waals surface area contributed by atoms with E-state index >= 15 is 0 Å². The Morgan fingerprint density at radius 1 is 0.930 bits per heavy atom. The van der Waals surface area contributed by atoms with Gasteiger partial charge in [0.2, 0.25) is 0 Å². The molecule has 0 saturated heterocycles. The quantitative estimate of drug-likeness (QED) is 0.132. The first kappa shape index (κ1) is 32.7. The van der Waals surface area contributed by atoms with Gasteiger partial charge in [-0.25, -0.2) is 10.2 Å². The summed E-state index contributed by atoms with van der Waals surface area (Å²) in [5.74, 6) is -2.25. The van der Waals surface area contributed by atoms with E-state index in [-0.39, 0.29) is 19.1 Å². The topological polar surface area (TPSA) is 129 Å². The Hall–Kier alpha value is -4.77. The van der Waals surface area contributed by atoms with Crippen molar-refractivity contribution in [2.75, 3.05) is 13.6 Å². The highest BCUT2D eigenvalue weighted by Gasteiger charge is 2.19. The number of likely N-dealkylation sites (N-methyl/N-ethyl adjacent to an activating group) is 1. The van der Waals surface area contributed by atoms with Crippen LogP contribution in [0.5, 0.6) is 0 Å². The van der Waals surface area contributed by atoms with E-state index in [1.165, 1.54) is 13.1 Å². The summed E-state index contributed by atoms with van der Waals surface area (Å²) in [5.41, 5.74) is 4.18. The van der Waals surface area contributed by atoms with Crippen molar-refractivity contribution < 1.29 is 23.9 Å². The molecular weight excluding hydrogens is 566 g/mol. The zero-order valence-electron chi connectivity index (χ0n) is 24.9. The number of amides is 4. The van der Waals surface area contributed by atoms with Gasteiger partial charge in [-0.3, -0.25) is 19.4 Å². The summed E-state index contributed by atoms with van der Waals surface area (Å²) >= 11 is 5.72. The molecule has 0 aliphatic carbocycles. The molecule has 1 atom stereocenters. The maximum Gasteiger partial charge on any atom is 0.426 e. The number of carbonyl (C=O) groups is 4. The van der Waals surface area contributed by atoms with Crippen LogP contribution in [0.15, 0.2) is 78.9 Å². The molecule has 226 valence electrons. The van der Waals surface area contributed by atoms with Crippen molar-refractivity contribution in [1.82, 2.24) is 26.4 Å². The molecule has 43 heavy (non-hydrogen) atoms. The van der Waals surface area contributed by atoms with Crippen LogP contribution in [0, 0.1) is 0 Å². The maximum atomic E-state index is 12.4. The molecule has 0 aliphatic heterocycles. The fraction of sp³-hybridized carbons (Fsp3) is 0.281. The molecule has 0 heterocycles. The van der Waals surface area contributed by atoms with Crippen molar-refractivity contribution in [3.05, 3.63) is 95.6 Å². The smallest absolute Gasteiger partial charge is 0.426 e. The Bertz CT molecular complexity index is 1530. The van der Waals surface area contributed by atoms with Crippen LogP contribution in [0.1, 0.15) is 50.4 Å². The van der Waals surface area contributed by atoms with Gasteiger partial charge in [0.15, 0.2) is 0 Å². The molecule has 0 aromatic heterocycles. The summed E-state index contributed by atoms with van der Waals surface area (Å²) in [6.45, 7) is 7.16. The molecule has 4 amide bonds. The highest BCUT2D eigenvalue weighted by molar-refractivity contribution is 7.80. The predicted molar refractivity (Wildman–Crippen MR) is 170 cm³/mol. The van der Waals surface area contributed by atoms with Crippen molar-refractivity contribution in [2.24, 2.45) is 0 Å². The van der Waals surface area contributed by atoms with Crippen molar-refractivity contribution in [3.8, 4) is 0 Å². The van der Waals surface area contributed by atoms with Crippen molar-refractivity contribution in [2.45, 2.75) is 45.9 Å². The number of hydrazine groups is 1. The summed E-state index contributed by atoms with van der Waals surface area (Å²) in [4.78, 5) is 49.1. The van der Waals surface area contributed by atoms with E-state index in [0.29, 0.717) is 4.99 Å². The lowest BCUT2D eigenvalue weighted by atomic mass is 9.99. The largest absolute Gasteiger partial charge is 0.443 e. The maximum absolute atomic E-state index is 12.4.